The Bertz CT molecular complexity index is 1190. The zero-order valence-corrected chi connectivity index (χ0v) is 20.7. The summed E-state index contributed by atoms with van der Waals surface area (Å²) in [5, 5.41) is 2.71. The Kier molecular flexibility index (Phi) is 6.58. The maximum absolute atomic E-state index is 13.4. The summed E-state index contributed by atoms with van der Waals surface area (Å²) in [5.74, 6) is 0.870. The van der Waals surface area contributed by atoms with Gasteiger partial charge in [-0.1, -0.05) is 35.9 Å². The van der Waals surface area contributed by atoms with E-state index in [4.69, 9.17) is 9.72 Å². The molecule has 0 unspecified atom stereocenters. The number of nitrogens with zero attached hydrogens (tertiary/aromatic N) is 2. The molecular formula is C25H30N2O3S2. The van der Waals surface area contributed by atoms with Gasteiger partial charge < -0.3 is 9.64 Å². The molecule has 0 saturated carbocycles. The predicted molar refractivity (Wildman–Crippen MR) is 131 cm³/mol. The molecule has 1 aliphatic rings. The first-order chi connectivity index (χ1) is 15.3. The minimum absolute atomic E-state index is 0.341. The molecule has 3 aromatic rings. The van der Waals surface area contributed by atoms with Crippen molar-refractivity contribution in [2.45, 2.75) is 50.2 Å². The fraction of sp³-hybridized carbons (Fsp3) is 0.400. The summed E-state index contributed by atoms with van der Waals surface area (Å²) >= 11 is 1.62. The van der Waals surface area contributed by atoms with Crippen molar-refractivity contribution in [3.05, 3.63) is 69.7 Å². The van der Waals surface area contributed by atoms with Gasteiger partial charge in [-0.25, -0.2) is 13.4 Å². The molecule has 170 valence electrons. The highest BCUT2D eigenvalue weighted by Crippen LogP contribution is 2.32. The highest BCUT2D eigenvalue weighted by molar-refractivity contribution is 7.92. The summed E-state index contributed by atoms with van der Waals surface area (Å²) in [6, 6.07) is 11.9. The van der Waals surface area contributed by atoms with Crippen LogP contribution >= 0.6 is 11.3 Å². The molecule has 0 N–H and O–H groups in total. The summed E-state index contributed by atoms with van der Waals surface area (Å²) in [6.45, 7) is 7.22. The molecular weight excluding hydrogens is 440 g/mol. The first kappa shape index (κ1) is 22.8. The standard InChI is InChI=1S/C25H30N2O3S2/c1-17-13-18(2)24(19(3)14-17)32(28,29)22-9-11-27(12-10-22)25-26-21(16-31-25)15-20-7-5-6-8-23(20)30-4/h5-8,13-14,16,22H,9-12,15H2,1-4H3. The van der Waals surface area contributed by atoms with Gasteiger partial charge in [-0.3, -0.25) is 0 Å². The van der Waals surface area contributed by atoms with Crippen LogP contribution < -0.4 is 9.64 Å². The Balaban J connectivity index is 1.44. The summed E-state index contributed by atoms with van der Waals surface area (Å²) in [7, 11) is -1.66. The summed E-state index contributed by atoms with van der Waals surface area (Å²) in [6.07, 6.45) is 1.96. The smallest absolute Gasteiger partial charge is 0.185 e. The molecule has 0 spiro atoms. The van der Waals surface area contributed by atoms with Crippen molar-refractivity contribution in [3.63, 3.8) is 0 Å². The lowest BCUT2D eigenvalue weighted by Crippen LogP contribution is -2.39. The average molecular weight is 471 g/mol. The number of hydrogen-bond donors (Lipinski definition) is 0. The summed E-state index contributed by atoms with van der Waals surface area (Å²) in [4.78, 5) is 7.57. The number of piperidine rings is 1. The number of sulfone groups is 1. The van der Waals surface area contributed by atoms with E-state index in [1.54, 1.807) is 18.4 Å². The topological polar surface area (TPSA) is 59.5 Å². The van der Waals surface area contributed by atoms with E-state index in [0.29, 0.717) is 30.8 Å². The quantitative estimate of drug-likeness (QED) is 0.501. The highest BCUT2D eigenvalue weighted by Gasteiger charge is 2.34. The fourth-order valence-corrected chi connectivity index (χ4v) is 7.77. The lowest BCUT2D eigenvalue weighted by atomic mass is 10.1. The number of aryl methyl sites for hydroxylation is 3. The van der Waals surface area contributed by atoms with Crippen molar-refractivity contribution in [1.29, 1.82) is 0 Å². The fourth-order valence-electron chi connectivity index (χ4n) is 4.71. The van der Waals surface area contributed by atoms with Crippen molar-refractivity contribution >= 4 is 26.3 Å². The third-order valence-electron chi connectivity index (χ3n) is 6.14. The van der Waals surface area contributed by atoms with E-state index >= 15 is 0 Å². The van der Waals surface area contributed by atoms with Crippen LogP contribution in [0.4, 0.5) is 5.13 Å². The second-order valence-electron chi connectivity index (χ2n) is 8.57. The second-order valence-corrected chi connectivity index (χ2v) is 11.6. The molecule has 1 fully saturated rings. The van der Waals surface area contributed by atoms with Gasteiger partial charge in [0, 0.05) is 30.5 Å². The van der Waals surface area contributed by atoms with Crippen LogP contribution in [0.3, 0.4) is 0 Å². The zero-order chi connectivity index (χ0) is 22.9. The molecule has 2 aromatic carbocycles. The van der Waals surface area contributed by atoms with Crippen LogP contribution in [0.25, 0.3) is 0 Å². The Hall–Kier alpha value is -2.38. The van der Waals surface area contributed by atoms with Crippen molar-refractivity contribution in [3.8, 4) is 5.75 Å². The Morgan fingerprint density at radius 3 is 2.41 bits per heavy atom. The van der Waals surface area contributed by atoms with E-state index < -0.39 is 9.84 Å². The first-order valence-corrected chi connectivity index (χ1v) is 13.3. The van der Waals surface area contributed by atoms with Crippen LogP contribution in [0.5, 0.6) is 5.75 Å². The molecule has 1 aliphatic heterocycles. The first-order valence-electron chi connectivity index (χ1n) is 10.9. The van der Waals surface area contributed by atoms with Gasteiger partial charge in [0.05, 0.1) is 22.9 Å². The number of anilines is 1. The monoisotopic (exact) mass is 470 g/mol. The Morgan fingerprint density at radius 1 is 1.09 bits per heavy atom. The van der Waals surface area contributed by atoms with Crippen LogP contribution in [0, 0.1) is 20.8 Å². The SMILES string of the molecule is COc1ccccc1Cc1csc(N2CCC(S(=O)(=O)c3c(C)cc(C)cc3C)CC2)n1. The van der Waals surface area contributed by atoms with E-state index in [-0.39, 0.29) is 5.25 Å². The molecule has 1 aromatic heterocycles. The third-order valence-corrected chi connectivity index (χ3v) is 9.66. The number of rotatable bonds is 6. The van der Waals surface area contributed by atoms with E-state index in [2.05, 4.69) is 16.3 Å². The second kappa shape index (κ2) is 9.24. The van der Waals surface area contributed by atoms with Gasteiger partial charge in [-0.2, -0.15) is 0 Å². The summed E-state index contributed by atoms with van der Waals surface area (Å²) in [5.41, 5.74) is 4.92. The van der Waals surface area contributed by atoms with Crippen molar-refractivity contribution in [2.75, 3.05) is 25.1 Å². The van der Waals surface area contributed by atoms with E-state index in [1.165, 1.54) is 0 Å². The number of methoxy groups -OCH3 is 1. The van der Waals surface area contributed by atoms with Gasteiger partial charge in [-0.15, -0.1) is 11.3 Å². The van der Waals surface area contributed by atoms with Crippen LogP contribution in [0.1, 0.15) is 40.8 Å². The number of benzene rings is 2. The molecule has 0 bridgehead atoms. The average Bonchev–Trinajstić information content (AvgIpc) is 3.22. The molecule has 7 heteroatoms. The minimum atomic E-state index is -3.35. The number of thiazole rings is 1. The number of hydrogen-bond acceptors (Lipinski definition) is 6. The van der Waals surface area contributed by atoms with E-state index in [0.717, 1.165) is 45.2 Å². The molecule has 32 heavy (non-hydrogen) atoms. The lowest BCUT2D eigenvalue weighted by molar-refractivity contribution is 0.410. The zero-order valence-electron chi connectivity index (χ0n) is 19.1. The van der Waals surface area contributed by atoms with Crippen LogP contribution in [-0.4, -0.2) is 38.9 Å². The number of ether oxygens (including phenoxy) is 1. The Morgan fingerprint density at radius 2 is 1.75 bits per heavy atom. The van der Waals surface area contributed by atoms with Crippen molar-refractivity contribution in [2.24, 2.45) is 0 Å². The van der Waals surface area contributed by atoms with Gasteiger partial charge in [0.2, 0.25) is 0 Å². The van der Waals surface area contributed by atoms with Crippen LogP contribution in [0.15, 0.2) is 46.7 Å². The van der Waals surface area contributed by atoms with E-state index in [1.807, 2.05) is 51.1 Å². The number of para-hydroxylation sites is 1. The van der Waals surface area contributed by atoms with Gasteiger partial charge >= 0.3 is 0 Å². The summed E-state index contributed by atoms with van der Waals surface area (Å²) < 4.78 is 32.3. The van der Waals surface area contributed by atoms with Crippen LogP contribution in [-0.2, 0) is 16.3 Å². The molecule has 0 atom stereocenters. The van der Waals surface area contributed by atoms with Gasteiger partial charge in [0.1, 0.15) is 5.75 Å². The molecule has 4 rings (SSSR count). The maximum atomic E-state index is 13.4. The van der Waals surface area contributed by atoms with Gasteiger partial charge in [0.25, 0.3) is 0 Å². The lowest BCUT2D eigenvalue weighted by Gasteiger charge is -2.32. The molecule has 2 heterocycles. The predicted octanol–water partition coefficient (Wildman–Crippen LogP) is 5.11. The van der Waals surface area contributed by atoms with Gasteiger partial charge in [-0.05, 0) is 50.8 Å². The highest BCUT2D eigenvalue weighted by atomic mass is 32.2. The van der Waals surface area contributed by atoms with E-state index in [9.17, 15) is 8.42 Å². The largest absolute Gasteiger partial charge is 0.496 e. The normalized spacial score (nSPS) is 15.2. The van der Waals surface area contributed by atoms with Crippen molar-refractivity contribution in [1.82, 2.24) is 4.98 Å². The van der Waals surface area contributed by atoms with Gasteiger partial charge in [0.15, 0.2) is 15.0 Å². The van der Waals surface area contributed by atoms with Crippen molar-refractivity contribution < 1.29 is 13.2 Å². The Labute approximate surface area is 195 Å². The number of aromatic nitrogens is 1. The third kappa shape index (κ3) is 4.55. The molecule has 1 saturated heterocycles. The molecule has 5 nitrogen and oxygen atoms in total. The van der Waals surface area contributed by atoms with Crippen LogP contribution in [0.2, 0.25) is 0 Å². The molecule has 0 radical (unpaired) electrons. The minimum Gasteiger partial charge on any atom is -0.496 e. The molecule has 0 aliphatic carbocycles. The maximum Gasteiger partial charge on any atom is 0.185 e. The molecule has 0 amide bonds.